The SMILES string of the molecule is Cn1cc(-c2cc(-c3ccc(N4CCN(C(=O)[C@H](O)c5ccccc5)CC4)nc3)n3c(C#N)cnc3c2)cn1. The van der Waals surface area contributed by atoms with E-state index in [0.717, 1.165) is 28.2 Å². The average molecular weight is 519 g/mol. The van der Waals surface area contributed by atoms with E-state index in [1.54, 1.807) is 40.3 Å². The molecule has 1 amide bonds. The molecule has 39 heavy (non-hydrogen) atoms. The number of carbonyl (C=O) groups is 1. The Balaban J connectivity index is 1.22. The van der Waals surface area contributed by atoms with E-state index in [9.17, 15) is 15.2 Å². The molecule has 10 heteroatoms. The third kappa shape index (κ3) is 4.60. The van der Waals surface area contributed by atoms with Crippen LogP contribution < -0.4 is 4.90 Å². The van der Waals surface area contributed by atoms with Gasteiger partial charge in [-0.3, -0.25) is 13.9 Å². The molecule has 5 aromatic rings. The number of hydrogen-bond acceptors (Lipinski definition) is 7. The van der Waals surface area contributed by atoms with Gasteiger partial charge in [-0.1, -0.05) is 30.3 Å². The second kappa shape index (κ2) is 10.0. The maximum Gasteiger partial charge on any atom is 0.256 e. The normalized spacial score (nSPS) is 14.4. The molecule has 0 bridgehead atoms. The van der Waals surface area contributed by atoms with Crippen LogP contribution >= 0.6 is 0 Å². The van der Waals surface area contributed by atoms with Crippen molar-refractivity contribution in [1.29, 1.82) is 5.26 Å². The molecule has 1 atom stereocenters. The number of anilines is 1. The van der Waals surface area contributed by atoms with Crippen molar-refractivity contribution in [2.45, 2.75) is 6.10 Å². The van der Waals surface area contributed by atoms with Crippen molar-refractivity contribution < 1.29 is 9.90 Å². The highest BCUT2D eigenvalue weighted by molar-refractivity contribution is 5.82. The van der Waals surface area contributed by atoms with Crippen LogP contribution in [0.2, 0.25) is 0 Å². The summed E-state index contributed by atoms with van der Waals surface area (Å²) in [5.41, 5.74) is 5.28. The van der Waals surface area contributed by atoms with E-state index in [4.69, 9.17) is 4.98 Å². The summed E-state index contributed by atoms with van der Waals surface area (Å²) in [5.74, 6) is 0.524. The number of amides is 1. The monoisotopic (exact) mass is 518 g/mol. The molecular weight excluding hydrogens is 492 g/mol. The maximum absolute atomic E-state index is 12.8. The minimum absolute atomic E-state index is 0.282. The quantitative estimate of drug-likeness (QED) is 0.380. The summed E-state index contributed by atoms with van der Waals surface area (Å²) in [6, 6.07) is 19.1. The Morgan fingerprint density at radius 1 is 0.949 bits per heavy atom. The number of rotatable bonds is 5. The molecule has 0 unspecified atom stereocenters. The summed E-state index contributed by atoms with van der Waals surface area (Å²) in [6.45, 7) is 2.22. The fourth-order valence-electron chi connectivity index (χ4n) is 4.97. The van der Waals surface area contributed by atoms with Gasteiger partial charge in [0.2, 0.25) is 0 Å². The van der Waals surface area contributed by atoms with Gasteiger partial charge in [0.05, 0.1) is 18.1 Å². The molecule has 0 aliphatic carbocycles. The molecule has 0 spiro atoms. The molecule has 1 fully saturated rings. The third-order valence-electron chi connectivity index (χ3n) is 7.07. The lowest BCUT2D eigenvalue weighted by Gasteiger charge is -2.36. The largest absolute Gasteiger partial charge is 0.378 e. The van der Waals surface area contributed by atoms with E-state index in [-0.39, 0.29) is 5.91 Å². The van der Waals surface area contributed by atoms with Crippen LogP contribution in [0.25, 0.3) is 28.0 Å². The summed E-state index contributed by atoms with van der Waals surface area (Å²) in [7, 11) is 1.87. The van der Waals surface area contributed by atoms with Gasteiger partial charge in [0.15, 0.2) is 6.10 Å². The number of hydrogen-bond donors (Lipinski definition) is 1. The van der Waals surface area contributed by atoms with E-state index in [2.05, 4.69) is 21.1 Å². The molecule has 194 valence electrons. The van der Waals surface area contributed by atoms with Crippen LogP contribution in [0.15, 0.2) is 79.4 Å². The predicted octanol–water partition coefficient (Wildman–Crippen LogP) is 3.05. The second-order valence-electron chi connectivity index (χ2n) is 9.51. The summed E-state index contributed by atoms with van der Waals surface area (Å²) in [6.07, 6.45) is 5.96. The molecule has 0 radical (unpaired) electrons. The smallest absolute Gasteiger partial charge is 0.256 e. The van der Waals surface area contributed by atoms with Crippen LogP contribution in [0.3, 0.4) is 0 Å². The summed E-state index contributed by atoms with van der Waals surface area (Å²) < 4.78 is 3.58. The van der Waals surface area contributed by atoms with Crippen LogP contribution in [0.5, 0.6) is 0 Å². The standard InChI is InChI=1S/C29H26N8O2/c1-34-19-23(17-33-34)22-13-25(37-24(15-30)18-32-27(37)14-22)21-7-8-26(31-16-21)35-9-11-36(12-10-35)29(39)28(38)20-5-3-2-4-6-20/h2-8,13-14,16-19,28,38H,9-12H2,1H3/t28-/m1/s1. The summed E-state index contributed by atoms with van der Waals surface area (Å²) in [5, 5.41) is 24.5. The van der Waals surface area contributed by atoms with Gasteiger partial charge in [-0.15, -0.1) is 0 Å². The van der Waals surface area contributed by atoms with Crippen molar-refractivity contribution in [2.24, 2.45) is 7.05 Å². The Morgan fingerprint density at radius 3 is 2.41 bits per heavy atom. The molecule has 1 aromatic carbocycles. The van der Waals surface area contributed by atoms with Crippen LogP contribution in [-0.2, 0) is 11.8 Å². The first kappa shape index (κ1) is 24.3. The van der Waals surface area contributed by atoms with Crippen molar-refractivity contribution in [2.75, 3.05) is 31.1 Å². The molecule has 1 N–H and O–H groups in total. The predicted molar refractivity (Wildman–Crippen MR) is 146 cm³/mol. The van der Waals surface area contributed by atoms with Gasteiger partial charge in [0.1, 0.15) is 23.2 Å². The summed E-state index contributed by atoms with van der Waals surface area (Å²) in [4.78, 5) is 25.8. The number of carbonyl (C=O) groups excluding carboxylic acids is 1. The fraction of sp³-hybridized carbons (Fsp3) is 0.207. The van der Waals surface area contributed by atoms with E-state index in [1.807, 2.05) is 60.1 Å². The second-order valence-corrected chi connectivity index (χ2v) is 9.51. The molecule has 1 aliphatic heterocycles. The van der Waals surface area contributed by atoms with E-state index < -0.39 is 6.10 Å². The first-order valence-corrected chi connectivity index (χ1v) is 12.7. The van der Waals surface area contributed by atoms with Crippen molar-refractivity contribution in [3.05, 3.63) is 90.6 Å². The van der Waals surface area contributed by atoms with Gasteiger partial charge in [-0.05, 0) is 35.4 Å². The van der Waals surface area contributed by atoms with Crippen molar-refractivity contribution >= 4 is 17.4 Å². The zero-order chi connectivity index (χ0) is 26.9. The Labute approximate surface area is 225 Å². The number of benzene rings is 1. The molecule has 10 nitrogen and oxygen atoms in total. The van der Waals surface area contributed by atoms with Gasteiger partial charge in [-0.25, -0.2) is 9.97 Å². The minimum atomic E-state index is -1.16. The number of aliphatic hydroxyl groups excluding tert-OH is 1. The molecule has 1 saturated heterocycles. The molecule has 6 rings (SSSR count). The lowest BCUT2D eigenvalue weighted by Crippen LogP contribution is -2.50. The Kier molecular flexibility index (Phi) is 6.26. The van der Waals surface area contributed by atoms with E-state index in [1.165, 1.54) is 0 Å². The van der Waals surface area contributed by atoms with Gasteiger partial charge >= 0.3 is 0 Å². The van der Waals surface area contributed by atoms with Gasteiger partial charge in [-0.2, -0.15) is 10.4 Å². The number of aliphatic hydroxyl groups is 1. The lowest BCUT2D eigenvalue weighted by molar-refractivity contribution is -0.140. The minimum Gasteiger partial charge on any atom is -0.378 e. The average Bonchev–Trinajstić information content (AvgIpc) is 3.62. The Bertz CT molecular complexity index is 1680. The number of nitrogens with zero attached hydrogens (tertiary/aromatic N) is 8. The van der Waals surface area contributed by atoms with Crippen molar-refractivity contribution in [1.82, 2.24) is 29.0 Å². The Hall–Kier alpha value is -5.01. The van der Waals surface area contributed by atoms with Gasteiger partial charge < -0.3 is 14.9 Å². The molecule has 0 saturated carbocycles. The first-order chi connectivity index (χ1) is 19.0. The van der Waals surface area contributed by atoms with Crippen LogP contribution in [0, 0.1) is 11.3 Å². The first-order valence-electron chi connectivity index (χ1n) is 12.7. The van der Waals surface area contributed by atoms with Crippen LogP contribution in [0.1, 0.15) is 17.4 Å². The highest BCUT2D eigenvalue weighted by atomic mass is 16.3. The molecule has 1 aliphatic rings. The Morgan fingerprint density at radius 2 is 1.74 bits per heavy atom. The van der Waals surface area contributed by atoms with Gasteiger partial charge in [0, 0.05) is 56.7 Å². The lowest BCUT2D eigenvalue weighted by atomic mass is 10.1. The van der Waals surface area contributed by atoms with Crippen molar-refractivity contribution in [3.8, 4) is 28.5 Å². The van der Waals surface area contributed by atoms with Crippen LogP contribution in [0.4, 0.5) is 5.82 Å². The molecular formula is C29H26N8O2. The zero-order valence-corrected chi connectivity index (χ0v) is 21.3. The van der Waals surface area contributed by atoms with Gasteiger partial charge in [0.25, 0.3) is 5.91 Å². The maximum atomic E-state index is 12.8. The molecule has 5 heterocycles. The number of pyridine rings is 2. The van der Waals surface area contributed by atoms with E-state index >= 15 is 0 Å². The highest BCUT2D eigenvalue weighted by Crippen LogP contribution is 2.30. The number of aromatic nitrogens is 5. The fourth-order valence-corrected chi connectivity index (χ4v) is 4.97. The molecule has 4 aromatic heterocycles. The zero-order valence-electron chi connectivity index (χ0n) is 21.3. The van der Waals surface area contributed by atoms with Crippen LogP contribution in [-0.4, -0.2) is 66.2 Å². The van der Waals surface area contributed by atoms with E-state index in [0.29, 0.717) is 43.1 Å². The third-order valence-corrected chi connectivity index (χ3v) is 7.07. The van der Waals surface area contributed by atoms with Crippen molar-refractivity contribution in [3.63, 3.8) is 0 Å². The topological polar surface area (TPSA) is 116 Å². The number of piperazine rings is 1. The number of imidazole rings is 1. The highest BCUT2D eigenvalue weighted by Gasteiger charge is 2.27. The number of aryl methyl sites for hydroxylation is 1. The number of nitriles is 1. The summed E-state index contributed by atoms with van der Waals surface area (Å²) >= 11 is 0. The number of fused-ring (bicyclic) bond motifs is 1.